The summed E-state index contributed by atoms with van der Waals surface area (Å²) in [5.74, 6) is 0.725. The van der Waals surface area contributed by atoms with Crippen molar-refractivity contribution in [3.05, 3.63) is 35.4 Å². The number of sulfone groups is 1. The summed E-state index contributed by atoms with van der Waals surface area (Å²) < 4.78 is 23.5. The van der Waals surface area contributed by atoms with Gasteiger partial charge in [-0.25, -0.2) is 13.4 Å². The molecule has 0 saturated carbocycles. The maximum absolute atomic E-state index is 12.1. The van der Waals surface area contributed by atoms with Crippen molar-refractivity contribution in [2.75, 3.05) is 18.8 Å². The lowest BCUT2D eigenvalue weighted by Gasteiger charge is -2.19. The van der Waals surface area contributed by atoms with Crippen molar-refractivity contribution in [3.8, 4) is 0 Å². The number of hydrogen-bond acceptors (Lipinski definition) is 3. The Hall–Kier alpha value is -1.56. The van der Waals surface area contributed by atoms with Gasteiger partial charge in [-0.2, -0.15) is 0 Å². The second-order valence-corrected chi connectivity index (χ2v) is 9.40. The quantitative estimate of drug-likeness (QED) is 0.616. The van der Waals surface area contributed by atoms with Crippen LogP contribution in [0.1, 0.15) is 38.8 Å². The summed E-state index contributed by atoms with van der Waals surface area (Å²) in [6.07, 6.45) is 0. The first-order valence-corrected chi connectivity index (χ1v) is 9.61. The lowest BCUT2D eigenvalue weighted by atomic mass is 10.1. The van der Waals surface area contributed by atoms with Gasteiger partial charge in [0.25, 0.3) is 0 Å². The molecule has 6 heteroatoms. The highest BCUT2D eigenvalue weighted by molar-refractivity contribution is 7.92. The average molecular weight is 340 g/mol. The monoisotopic (exact) mass is 339 g/mol. The Balaban J connectivity index is 2.61. The molecule has 0 aromatic heterocycles. The van der Waals surface area contributed by atoms with E-state index in [0.29, 0.717) is 19.0 Å². The standard InChI is InChI=1S/C17H29N3O2S/c1-6-18-16(19-11-12-23(21,22)17(3,4)5)20-13-15-9-7-14(2)8-10-15/h7-10H,6,11-13H2,1-5H3,(H2,18,19,20). The fourth-order valence-corrected chi connectivity index (χ4v) is 2.80. The number of nitrogens with zero attached hydrogens (tertiary/aromatic N) is 1. The van der Waals surface area contributed by atoms with Gasteiger partial charge in [-0.15, -0.1) is 0 Å². The predicted octanol–water partition coefficient (Wildman–Crippen LogP) is 2.26. The molecule has 0 atom stereocenters. The van der Waals surface area contributed by atoms with Crippen molar-refractivity contribution in [2.24, 2.45) is 4.99 Å². The van der Waals surface area contributed by atoms with E-state index in [-0.39, 0.29) is 5.75 Å². The molecule has 2 N–H and O–H groups in total. The molecule has 5 nitrogen and oxygen atoms in total. The molecule has 0 radical (unpaired) electrons. The van der Waals surface area contributed by atoms with Crippen LogP contribution in [0.5, 0.6) is 0 Å². The second kappa shape index (κ2) is 8.34. The van der Waals surface area contributed by atoms with Gasteiger partial charge in [-0.1, -0.05) is 29.8 Å². The van der Waals surface area contributed by atoms with E-state index in [0.717, 1.165) is 12.1 Å². The number of aryl methyl sites for hydroxylation is 1. The van der Waals surface area contributed by atoms with Crippen LogP contribution < -0.4 is 10.6 Å². The van der Waals surface area contributed by atoms with Crippen molar-refractivity contribution in [2.45, 2.75) is 45.9 Å². The molecule has 0 unspecified atom stereocenters. The molecule has 130 valence electrons. The molecule has 0 saturated heterocycles. The molecule has 1 aromatic rings. The molecule has 0 heterocycles. The van der Waals surface area contributed by atoms with Gasteiger partial charge in [0.1, 0.15) is 0 Å². The second-order valence-electron chi connectivity index (χ2n) is 6.54. The zero-order chi connectivity index (χ0) is 17.5. The number of rotatable bonds is 6. The number of aliphatic imine (C=N–C) groups is 1. The van der Waals surface area contributed by atoms with Gasteiger partial charge in [0.15, 0.2) is 15.8 Å². The van der Waals surface area contributed by atoms with E-state index in [9.17, 15) is 8.42 Å². The Bertz CT molecular complexity index is 614. The molecular formula is C17H29N3O2S. The van der Waals surface area contributed by atoms with Gasteiger partial charge in [0, 0.05) is 13.1 Å². The van der Waals surface area contributed by atoms with Gasteiger partial charge in [0.05, 0.1) is 17.0 Å². The van der Waals surface area contributed by atoms with E-state index in [4.69, 9.17) is 0 Å². The maximum Gasteiger partial charge on any atom is 0.191 e. The minimum Gasteiger partial charge on any atom is -0.357 e. The van der Waals surface area contributed by atoms with E-state index in [1.54, 1.807) is 20.8 Å². The van der Waals surface area contributed by atoms with Crippen LogP contribution in [0.15, 0.2) is 29.3 Å². The third-order valence-electron chi connectivity index (χ3n) is 3.48. The normalized spacial score (nSPS) is 13.0. The van der Waals surface area contributed by atoms with Gasteiger partial charge in [-0.3, -0.25) is 0 Å². The molecule has 0 aliphatic carbocycles. The van der Waals surface area contributed by atoms with Crippen LogP contribution in [-0.4, -0.2) is 38.0 Å². The molecular weight excluding hydrogens is 310 g/mol. The Morgan fingerprint density at radius 3 is 2.26 bits per heavy atom. The summed E-state index contributed by atoms with van der Waals surface area (Å²) in [5.41, 5.74) is 2.34. The summed E-state index contributed by atoms with van der Waals surface area (Å²) in [6.45, 7) is 10.8. The first-order chi connectivity index (χ1) is 10.7. The fraction of sp³-hybridized carbons (Fsp3) is 0.588. The summed E-state index contributed by atoms with van der Waals surface area (Å²) >= 11 is 0. The molecule has 0 fully saturated rings. The highest BCUT2D eigenvalue weighted by Crippen LogP contribution is 2.15. The molecule has 23 heavy (non-hydrogen) atoms. The van der Waals surface area contributed by atoms with E-state index < -0.39 is 14.6 Å². The van der Waals surface area contributed by atoms with E-state index in [2.05, 4.69) is 27.8 Å². The minimum absolute atomic E-state index is 0.0887. The number of benzene rings is 1. The predicted molar refractivity (Wildman–Crippen MR) is 97.5 cm³/mol. The average Bonchev–Trinajstić information content (AvgIpc) is 2.45. The molecule has 1 rings (SSSR count). The SMILES string of the molecule is CCNC(=NCc1ccc(C)cc1)NCCS(=O)(=O)C(C)(C)C. The van der Waals surface area contributed by atoms with Crippen molar-refractivity contribution in [1.82, 2.24) is 10.6 Å². The van der Waals surface area contributed by atoms with Crippen LogP contribution in [0, 0.1) is 6.92 Å². The number of nitrogens with one attached hydrogen (secondary N) is 2. The van der Waals surface area contributed by atoms with E-state index in [1.807, 2.05) is 26.0 Å². The summed E-state index contributed by atoms with van der Waals surface area (Å²) in [6, 6.07) is 8.21. The lowest BCUT2D eigenvalue weighted by Crippen LogP contribution is -2.41. The smallest absolute Gasteiger partial charge is 0.191 e. The van der Waals surface area contributed by atoms with Crippen LogP contribution in [0.4, 0.5) is 0 Å². The maximum atomic E-state index is 12.1. The molecule has 1 aromatic carbocycles. The first-order valence-electron chi connectivity index (χ1n) is 7.96. The molecule has 0 amide bonds. The van der Waals surface area contributed by atoms with Crippen molar-refractivity contribution < 1.29 is 8.42 Å². The van der Waals surface area contributed by atoms with Gasteiger partial charge in [-0.05, 0) is 40.2 Å². The summed E-state index contributed by atoms with van der Waals surface area (Å²) in [7, 11) is -3.13. The van der Waals surface area contributed by atoms with Crippen molar-refractivity contribution in [1.29, 1.82) is 0 Å². The van der Waals surface area contributed by atoms with Gasteiger partial charge in [0.2, 0.25) is 0 Å². The van der Waals surface area contributed by atoms with Crippen LogP contribution in [0.2, 0.25) is 0 Å². The topological polar surface area (TPSA) is 70.6 Å². The van der Waals surface area contributed by atoms with E-state index in [1.165, 1.54) is 5.56 Å². The number of guanidine groups is 1. The minimum atomic E-state index is -3.13. The highest BCUT2D eigenvalue weighted by atomic mass is 32.2. The highest BCUT2D eigenvalue weighted by Gasteiger charge is 2.28. The zero-order valence-electron chi connectivity index (χ0n) is 14.8. The van der Waals surface area contributed by atoms with Crippen LogP contribution in [0.3, 0.4) is 0 Å². The van der Waals surface area contributed by atoms with Crippen molar-refractivity contribution in [3.63, 3.8) is 0 Å². The fourth-order valence-electron chi connectivity index (χ4n) is 1.82. The Morgan fingerprint density at radius 1 is 1.13 bits per heavy atom. The third-order valence-corrected chi connectivity index (χ3v) is 6.09. The van der Waals surface area contributed by atoms with Crippen LogP contribution >= 0.6 is 0 Å². The summed E-state index contributed by atoms with van der Waals surface area (Å²) in [5, 5.41) is 6.22. The molecule has 0 bridgehead atoms. The van der Waals surface area contributed by atoms with Gasteiger partial charge < -0.3 is 10.6 Å². The van der Waals surface area contributed by atoms with Crippen LogP contribution in [0.25, 0.3) is 0 Å². The lowest BCUT2D eigenvalue weighted by molar-refractivity contribution is 0.559. The summed E-state index contributed by atoms with van der Waals surface area (Å²) in [4.78, 5) is 4.49. The molecule has 0 aliphatic heterocycles. The zero-order valence-corrected chi connectivity index (χ0v) is 15.6. The third kappa shape index (κ3) is 6.60. The van der Waals surface area contributed by atoms with Crippen molar-refractivity contribution >= 4 is 15.8 Å². The Labute approximate surface area is 140 Å². The number of hydrogen-bond donors (Lipinski definition) is 2. The first kappa shape index (κ1) is 19.5. The van der Waals surface area contributed by atoms with Crippen LogP contribution in [-0.2, 0) is 16.4 Å². The Kier molecular flexibility index (Phi) is 7.06. The van der Waals surface area contributed by atoms with Gasteiger partial charge >= 0.3 is 0 Å². The van der Waals surface area contributed by atoms with E-state index >= 15 is 0 Å². The molecule has 0 aliphatic rings. The largest absolute Gasteiger partial charge is 0.357 e. The Morgan fingerprint density at radius 2 is 1.74 bits per heavy atom. The molecule has 0 spiro atoms.